The largest absolute Gasteiger partial charge is 0.462 e. The summed E-state index contributed by atoms with van der Waals surface area (Å²) in [6.45, 7) is 6.31. The summed E-state index contributed by atoms with van der Waals surface area (Å²) in [7, 11) is 0. The van der Waals surface area contributed by atoms with Gasteiger partial charge in [0.05, 0.1) is 0 Å². The van der Waals surface area contributed by atoms with Gasteiger partial charge in [0.1, 0.15) is 13.2 Å². The van der Waals surface area contributed by atoms with E-state index in [1.165, 1.54) is 44.9 Å². The molecule has 0 bridgehead atoms. The number of rotatable bonds is 55. The fourth-order valence-corrected chi connectivity index (χ4v) is 7.93. The van der Waals surface area contributed by atoms with E-state index < -0.39 is 6.10 Å². The first-order valence-electron chi connectivity index (χ1n) is 31.8. The van der Waals surface area contributed by atoms with E-state index in [9.17, 15) is 14.4 Å². The molecule has 0 radical (unpaired) electrons. The summed E-state index contributed by atoms with van der Waals surface area (Å²) in [5, 5.41) is 0. The zero-order valence-electron chi connectivity index (χ0n) is 51.0. The van der Waals surface area contributed by atoms with Gasteiger partial charge in [-0.1, -0.05) is 254 Å². The van der Waals surface area contributed by atoms with E-state index in [4.69, 9.17) is 14.2 Å². The van der Waals surface area contributed by atoms with E-state index in [1.54, 1.807) is 0 Å². The Balaban J connectivity index is 4.58. The lowest BCUT2D eigenvalue weighted by Gasteiger charge is -2.18. The molecule has 6 heteroatoms. The maximum atomic E-state index is 12.9. The van der Waals surface area contributed by atoms with Crippen molar-refractivity contribution in [2.75, 3.05) is 13.2 Å². The van der Waals surface area contributed by atoms with Crippen LogP contribution in [0.2, 0.25) is 0 Å². The topological polar surface area (TPSA) is 78.9 Å². The highest BCUT2D eigenvalue weighted by Crippen LogP contribution is 2.12. The van der Waals surface area contributed by atoms with Crippen molar-refractivity contribution in [1.29, 1.82) is 0 Å². The van der Waals surface area contributed by atoms with Crippen LogP contribution in [0.1, 0.15) is 245 Å². The molecule has 0 aliphatic carbocycles. The van der Waals surface area contributed by atoms with Crippen LogP contribution in [0.4, 0.5) is 0 Å². The van der Waals surface area contributed by atoms with Gasteiger partial charge in [0, 0.05) is 19.3 Å². The summed E-state index contributed by atoms with van der Waals surface area (Å²) < 4.78 is 16.8. The van der Waals surface area contributed by atoms with Gasteiger partial charge in [-0.2, -0.15) is 0 Å². The van der Waals surface area contributed by atoms with Crippen molar-refractivity contribution in [3.63, 3.8) is 0 Å². The van der Waals surface area contributed by atoms with E-state index in [-0.39, 0.29) is 37.5 Å². The number of unbranched alkanes of at least 4 members (excludes halogenated alkanes) is 14. The van der Waals surface area contributed by atoms with Crippen LogP contribution in [0.15, 0.2) is 182 Å². The number of allylic oxidation sites excluding steroid dienone is 30. The van der Waals surface area contributed by atoms with Gasteiger partial charge in [-0.05, 0) is 154 Å². The van der Waals surface area contributed by atoms with Gasteiger partial charge in [-0.15, -0.1) is 0 Å². The highest BCUT2D eigenvalue weighted by Gasteiger charge is 2.19. The minimum Gasteiger partial charge on any atom is -0.462 e. The molecule has 1 atom stereocenters. The summed E-state index contributed by atoms with van der Waals surface area (Å²) in [5.41, 5.74) is 0. The lowest BCUT2D eigenvalue weighted by molar-refractivity contribution is -0.167. The molecule has 0 saturated heterocycles. The molecule has 0 rings (SSSR count). The summed E-state index contributed by atoms with van der Waals surface area (Å²) in [5.74, 6) is -1.04. The van der Waals surface area contributed by atoms with Gasteiger partial charge in [0.2, 0.25) is 0 Å². The first-order chi connectivity index (χ1) is 39.5. The van der Waals surface area contributed by atoms with Crippen molar-refractivity contribution in [3.05, 3.63) is 182 Å². The number of ether oxygens (including phenoxy) is 3. The lowest BCUT2D eigenvalue weighted by atomic mass is 10.1. The zero-order chi connectivity index (χ0) is 57.8. The standard InChI is InChI=1S/C74H114O6/c1-4-7-10-13-16-19-22-25-28-30-32-34-36-37-39-40-42-44-46-49-52-55-58-61-64-67-73(76)79-70-71(69-78-72(75)66-63-60-57-54-51-48-27-24-21-18-15-12-9-6-3)80-74(77)68-65-62-59-56-53-50-47-45-43-41-38-35-33-31-29-26-23-20-17-14-11-8-5-2/h7-8,10-11,16-17,19-20,24-29,32-35,37,39,41-44,47,49-50,52,56,59,71H,4-6,9,12-15,18,21-23,30-31,36,38,40,45-46,48,51,53-55,57-58,60-70H2,1-3H3/b10-7-,11-8-,19-16-,20-17-,27-24-,28-25-,29-26-,34-32-,35-33-,39-37-,43-41-,44-42-,50-47-,52-49-,59-56-. The van der Waals surface area contributed by atoms with Gasteiger partial charge in [-0.3, -0.25) is 14.4 Å². The van der Waals surface area contributed by atoms with E-state index in [2.05, 4.69) is 203 Å². The summed E-state index contributed by atoms with van der Waals surface area (Å²) in [6, 6.07) is 0. The van der Waals surface area contributed by atoms with Crippen LogP contribution in [0.25, 0.3) is 0 Å². The molecule has 0 aromatic rings. The first-order valence-corrected chi connectivity index (χ1v) is 31.8. The Morgan fingerprint density at radius 2 is 0.500 bits per heavy atom. The molecule has 1 unspecified atom stereocenters. The predicted octanol–water partition coefficient (Wildman–Crippen LogP) is 22.0. The van der Waals surface area contributed by atoms with Crippen molar-refractivity contribution in [2.45, 2.75) is 252 Å². The Morgan fingerprint density at radius 3 is 0.825 bits per heavy atom. The van der Waals surface area contributed by atoms with E-state index in [0.29, 0.717) is 19.3 Å². The first kappa shape index (κ1) is 74.5. The molecule has 0 aliphatic rings. The molecule has 6 nitrogen and oxygen atoms in total. The van der Waals surface area contributed by atoms with Crippen LogP contribution in [0.5, 0.6) is 0 Å². The van der Waals surface area contributed by atoms with Crippen molar-refractivity contribution in [1.82, 2.24) is 0 Å². The zero-order valence-corrected chi connectivity index (χ0v) is 51.0. The number of esters is 3. The average molecular weight is 1100 g/mol. The minimum absolute atomic E-state index is 0.125. The van der Waals surface area contributed by atoms with E-state index >= 15 is 0 Å². The van der Waals surface area contributed by atoms with Crippen molar-refractivity contribution < 1.29 is 28.6 Å². The monoisotopic (exact) mass is 1100 g/mol. The smallest absolute Gasteiger partial charge is 0.306 e. The van der Waals surface area contributed by atoms with Crippen LogP contribution < -0.4 is 0 Å². The molecule has 0 aromatic heterocycles. The molecule has 0 aliphatic heterocycles. The SMILES string of the molecule is CC/C=C\C/C=C\C/C=C\C/C=C\C/C=C\C/C=C\C/C=C\CCCCCC(=O)OCC(COC(=O)CCCCCCC/C=C\CCCCCCC)OC(=O)CCC/C=C\C/C=C\C/C=C\C/C=C\C/C=C\C/C=C\C/C=C\CC. The molecule has 80 heavy (non-hydrogen) atoms. The Hall–Kier alpha value is -5.49. The van der Waals surface area contributed by atoms with Crippen LogP contribution in [-0.4, -0.2) is 37.2 Å². The molecular formula is C74H114O6. The van der Waals surface area contributed by atoms with Crippen LogP contribution in [-0.2, 0) is 28.6 Å². The second kappa shape index (κ2) is 66.0. The van der Waals surface area contributed by atoms with Gasteiger partial charge < -0.3 is 14.2 Å². The molecule has 446 valence electrons. The molecule has 0 fully saturated rings. The number of carbonyl (C=O) groups is 3. The van der Waals surface area contributed by atoms with E-state index in [0.717, 1.165) is 154 Å². The average Bonchev–Trinajstić information content (AvgIpc) is 3.46. The molecule has 0 amide bonds. The summed E-state index contributed by atoms with van der Waals surface area (Å²) >= 11 is 0. The second-order valence-electron chi connectivity index (χ2n) is 20.2. The van der Waals surface area contributed by atoms with Crippen molar-refractivity contribution >= 4 is 17.9 Å². The van der Waals surface area contributed by atoms with E-state index in [1.807, 2.05) is 0 Å². The summed E-state index contributed by atoms with van der Waals surface area (Å²) in [4.78, 5) is 38.3. The third-order valence-electron chi connectivity index (χ3n) is 12.6. The molecule has 0 spiro atoms. The molecule has 0 heterocycles. The molecule has 0 aromatic carbocycles. The Kier molecular flexibility index (Phi) is 61.5. The predicted molar refractivity (Wildman–Crippen MR) is 348 cm³/mol. The Labute approximate surface area is 491 Å². The van der Waals surface area contributed by atoms with Gasteiger partial charge in [0.25, 0.3) is 0 Å². The minimum atomic E-state index is -0.838. The fraction of sp³-hybridized carbons (Fsp3) is 0.554. The Bertz CT molecular complexity index is 1890. The van der Waals surface area contributed by atoms with Gasteiger partial charge in [0.15, 0.2) is 6.10 Å². The molecule has 0 saturated carbocycles. The number of hydrogen-bond donors (Lipinski definition) is 0. The number of carbonyl (C=O) groups excluding carboxylic acids is 3. The maximum Gasteiger partial charge on any atom is 0.306 e. The van der Waals surface area contributed by atoms with Crippen LogP contribution in [0.3, 0.4) is 0 Å². The second-order valence-corrected chi connectivity index (χ2v) is 20.2. The van der Waals surface area contributed by atoms with Gasteiger partial charge in [-0.25, -0.2) is 0 Å². The highest BCUT2D eigenvalue weighted by molar-refractivity contribution is 5.71. The molecule has 0 N–H and O–H groups in total. The van der Waals surface area contributed by atoms with Crippen LogP contribution >= 0.6 is 0 Å². The highest BCUT2D eigenvalue weighted by atomic mass is 16.6. The summed E-state index contributed by atoms with van der Waals surface area (Å²) in [6.07, 6.45) is 98.9. The van der Waals surface area contributed by atoms with Crippen molar-refractivity contribution in [2.24, 2.45) is 0 Å². The van der Waals surface area contributed by atoms with Gasteiger partial charge >= 0.3 is 17.9 Å². The third-order valence-corrected chi connectivity index (χ3v) is 12.6. The number of hydrogen-bond acceptors (Lipinski definition) is 6. The Morgan fingerprint density at radius 1 is 0.263 bits per heavy atom. The lowest BCUT2D eigenvalue weighted by Crippen LogP contribution is -2.30. The molecular weight excluding hydrogens is 985 g/mol. The quantitative estimate of drug-likeness (QED) is 0.0261. The normalized spacial score (nSPS) is 13.4. The fourth-order valence-electron chi connectivity index (χ4n) is 7.93. The van der Waals surface area contributed by atoms with Crippen LogP contribution in [0, 0.1) is 0 Å². The maximum absolute atomic E-state index is 12.9. The van der Waals surface area contributed by atoms with Crippen molar-refractivity contribution in [3.8, 4) is 0 Å². The third kappa shape index (κ3) is 63.3.